The fourth-order valence-corrected chi connectivity index (χ4v) is 3.66. The number of nitrogens with zero attached hydrogens (tertiary/aromatic N) is 3. The second kappa shape index (κ2) is 7.20. The van der Waals surface area contributed by atoms with Crippen molar-refractivity contribution in [3.63, 3.8) is 0 Å². The van der Waals surface area contributed by atoms with Crippen LogP contribution in [0.2, 0.25) is 0 Å². The van der Waals surface area contributed by atoms with Crippen molar-refractivity contribution >= 4 is 11.9 Å². The first kappa shape index (κ1) is 19.5. The number of nitrogens with one attached hydrogen (secondary N) is 2. The number of anilines is 1. The number of rotatable bonds is 5. The molecule has 1 aliphatic carbocycles. The lowest BCUT2D eigenvalue weighted by Crippen LogP contribution is -2.40. The molecule has 4 rings (SSSR count). The summed E-state index contributed by atoms with van der Waals surface area (Å²) in [7, 11) is 0. The lowest BCUT2D eigenvalue weighted by atomic mass is 10.0. The van der Waals surface area contributed by atoms with E-state index >= 15 is 0 Å². The number of alkyl halides is 3. The van der Waals surface area contributed by atoms with E-state index in [0.29, 0.717) is 5.92 Å². The molecule has 2 aromatic rings. The van der Waals surface area contributed by atoms with Gasteiger partial charge >= 0.3 is 12.2 Å². The van der Waals surface area contributed by atoms with Crippen LogP contribution < -0.4 is 10.9 Å². The number of amides is 1. The number of halogens is 3. The van der Waals surface area contributed by atoms with E-state index in [9.17, 15) is 22.8 Å². The molecule has 0 spiro atoms. The van der Waals surface area contributed by atoms with Crippen LogP contribution in [0.4, 0.5) is 19.2 Å². The molecular formula is C18H20F3N5O3. The lowest BCUT2D eigenvalue weighted by molar-refractivity contribution is -0.141. The van der Waals surface area contributed by atoms with Crippen molar-refractivity contribution in [3.05, 3.63) is 28.2 Å². The monoisotopic (exact) mass is 411 g/mol. The third-order valence-corrected chi connectivity index (χ3v) is 5.41. The number of H-pyrrole nitrogens is 1. The molecule has 156 valence electrons. The van der Waals surface area contributed by atoms with Crippen LogP contribution in [-0.2, 0) is 11.0 Å². The number of pyridine rings is 1. The second-order valence-corrected chi connectivity index (χ2v) is 7.56. The summed E-state index contributed by atoms with van der Waals surface area (Å²) in [5.74, 6) is 1.00. The summed E-state index contributed by atoms with van der Waals surface area (Å²) in [5, 5.41) is 10.2. The highest BCUT2D eigenvalue weighted by Crippen LogP contribution is 2.41. The molecule has 8 nitrogen and oxygen atoms in total. The van der Waals surface area contributed by atoms with E-state index in [4.69, 9.17) is 4.42 Å². The van der Waals surface area contributed by atoms with Gasteiger partial charge in [-0.05, 0) is 50.2 Å². The number of aromatic amines is 1. The van der Waals surface area contributed by atoms with E-state index in [0.717, 1.165) is 37.6 Å². The van der Waals surface area contributed by atoms with Gasteiger partial charge in [0.2, 0.25) is 5.91 Å². The Morgan fingerprint density at radius 1 is 1.28 bits per heavy atom. The predicted octanol–water partition coefficient (Wildman–Crippen LogP) is 2.50. The predicted molar refractivity (Wildman–Crippen MR) is 95.9 cm³/mol. The van der Waals surface area contributed by atoms with Gasteiger partial charge < -0.3 is 19.6 Å². The number of carbonyl (C=O) groups is 1. The van der Waals surface area contributed by atoms with E-state index in [1.54, 1.807) is 11.9 Å². The van der Waals surface area contributed by atoms with Crippen LogP contribution in [0.15, 0.2) is 21.3 Å². The SMILES string of the molecule is C[C@@H](Nc1nnc(-c2ccc(C(F)(F)F)[nH]c2=O)o1)C(=O)N1CC[C@H](C2CC2)C1. The van der Waals surface area contributed by atoms with Crippen molar-refractivity contribution in [2.75, 3.05) is 18.4 Å². The average molecular weight is 411 g/mol. The van der Waals surface area contributed by atoms with E-state index in [1.807, 2.05) is 4.90 Å². The number of aromatic nitrogens is 3. The molecule has 2 atom stereocenters. The van der Waals surface area contributed by atoms with Crippen molar-refractivity contribution in [2.24, 2.45) is 11.8 Å². The smallest absolute Gasteiger partial charge is 0.403 e. The van der Waals surface area contributed by atoms with Crippen LogP contribution in [-0.4, -0.2) is 45.1 Å². The van der Waals surface area contributed by atoms with Gasteiger partial charge in [0.05, 0.1) is 0 Å². The number of likely N-dealkylation sites (tertiary alicyclic amines) is 1. The third-order valence-electron chi connectivity index (χ3n) is 5.41. The van der Waals surface area contributed by atoms with E-state index in [2.05, 4.69) is 15.5 Å². The van der Waals surface area contributed by atoms with Gasteiger partial charge in [-0.15, -0.1) is 5.10 Å². The average Bonchev–Trinajstić information content (AvgIpc) is 3.21. The van der Waals surface area contributed by atoms with Gasteiger partial charge in [0, 0.05) is 13.1 Å². The molecule has 2 N–H and O–H groups in total. The van der Waals surface area contributed by atoms with Crippen molar-refractivity contribution < 1.29 is 22.4 Å². The van der Waals surface area contributed by atoms with Crippen molar-refractivity contribution in [3.8, 4) is 11.5 Å². The summed E-state index contributed by atoms with van der Waals surface area (Å²) in [4.78, 5) is 28.1. The van der Waals surface area contributed by atoms with Gasteiger partial charge in [0.25, 0.3) is 11.4 Å². The maximum Gasteiger partial charge on any atom is 0.431 e. The first-order chi connectivity index (χ1) is 13.7. The minimum absolute atomic E-state index is 0.0831. The van der Waals surface area contributed by atoms with E-state index < -0.39 is 23.5 Å². The molecule has 11 heteroatoms. The zero-order valence-electron chi connectivity index (χ0n) is 15.6. The minimum Gasteiger partial charge on any atom is -0.403 e. The Morgan fingerprint density at radius 3 is 2.69 bits per heavy atom. The Bertz CT molecular complexity index is 966. The summed E-state index contributed by atoms with van der Waals surface area (Å²) >= 11 is 0. The normalized spacial score (nSPS) is 20.7. The van der Waals surface area contributed by atoms with Gasteiger partial charge in [-0.1, -0.05) is 5.10 Å². The molecule has 3 heterocycles. The molecule has 29 heavy (non-hydrogen) atoms. The topological polar surface area (TPSA) is 104 Å². The van der Waals surface area contributed by atoms with Crippen molar-refractivity contribution in [1.29, 1.82) is 0 Å². The lowest BCUT2D eigenvalue weighted by Gasteiger charge is -2.21. The van der Waals surface area contributed by atoms with Gasteiger partial charge in [0.1, 0.15) is 17.3 Å². The Labute approximate surface area is 163 Å². The zero-order valence-corrected chi connectivity index (χ0v) is 15.6. The number of hydrogen-bond donors (Lipinski definition) is 2. The Balaban J connectivity index is 1.41. The highest BCUT2D eigenvalue weighted by Gasteiger charge is 2.38. The van der Waals surface area contributed by atoms with Gasteiger partial charge in [-0.2, -0.15) is 13.2 Å². The molecule has 0 unspecified atom stereocenters. The maximum atomic E-state index is 12.7. The quantitative estimate of drug-likeness (QED) is 0.784. The second-order valence-electron chi connectivity index (χ2n) is 7.56. The highest BCUT2D eigenvalue weighted by molar-refractivity contribution is 5.84. The Kier molecular flexibility index (Phi) is 4.83. The van der Waals surface area contributed by atoms with Crippen LogP contribution in [0.5, 0.6) is 0 Å². The van der Waals surface area contributed by atoms with Crippen LogP contribution in [0.1, 0.15) is 31.9 Å². The Morgan fingerprint density at radius 2 is 2.03 bits per heavy atom. The van der Waals surface area contributed by atoms with Gasteiger partial charge in [-0.3, -0.25) is 9.59 Å². The standard InChI is InChI=1S/C18H20F3N5O3/c1-9(16(28)26-7-6-11(8-26)10-2-3-10)22-17-25-24-15(29-17)12-4-5-13(18(19,20)21)23-14(12)27/h4-5,9-11H,2-3,6-8H2,1H3,(H,22,25)(H,23,27)/t9-,11+/m1/s1. The summed E-state index contributed by atoms with van der Waals surface area (Å²) in [6, 6.07) is 0.991. The molecule has 0 aromatic carbocycles. The summed E-state index contributed by atoms with van der Waals surface area (Å²) in [5.41, 5.74) is -2.36. The van der Waals surface area contributed by atoms with Gasteiger partial charge in [0.15, 0.2) is 0 Å². The highest BCUT2D eigenvalue weighted by atomic mass is 19.4. The molecule has 2 fully saturated rings. The van der Waals surface area contributed by atoms with Crippen LogP contribution in [0, 0.1) is 11.8 Å². The molecular weight excluding hydrogens is 391 g/mol. The molecule has 1 aliphatic heterocycles. The molecule has 1 saturated heterocycles. The summed E-state index contributed by atoms with van der Waals surface area (Å²) in [6.07, 6.45) is -1.16. The number of carbonyl (C=O) groups excluding carboxylic acids is 1. The van der Waals surface area contributed by atoms with Crippen LogP contribution >= 0.6 is 0 Å². The van der Waals surface area contributed by atoms with E-state index in [1.165, 1.54) is 12.8 Å². The summed E-state index contributed by atoms with van der Waals surface area (Å²) < 4.78 is 43.3. The minimum atomic E-state index is -4.66. The third kappa shape index (κ3) is 4.13. The molecule has 1 amide bonds. The maximum absolute atomic E-state index is 12.7. The van der Waals surface area contributed by atoms with Crippen molar-refractivity contribution in [2.45, 2.75) is 38.4 Å². The zero-order chi connectivity index (χ0) is 20.8. The first-order valence-electron chi connectivity index (χ1n) is 9.42. The number of hydrogen-bond acceptors (Lipinski definition) is 6. The first-order valence-corrected chi connectivity index (χ1v) is 9.42. The molecule has 2 aromatic heterocycles. The fraction of sp³-hybridized carbons (Fsp3) is 0.556. The van der Waals surface area contributed by atoms with Crippen molar-refractivity contribution in [1.82, 2.24) is 20.1 Å². The molecule has 2 aliphatic rings. The summed E-state index contributed by atoms with van der Waals surface area (Å²) in [6.45, 7) is 3.15. The fourth-order valence-electron chi connectivity index (χ4n) is 3.66. The Hall–Kier alpha value is -2.85. The molecule has 0 bridgehead atoms. The largest absolute Gasteiger partial charge is 0.431 e. The molecule has 0 radical (unpaired) electrons. The van der Waals surface area contributed by atoms with E-state index in [-0.39, 0.29) is 23.4 Å². The molecule has 1 saturated carbocycles. The van der Waals surface area contributed by atoms with Gasteiger partial charge in [-0.25, -0.2) is 0 Å². The van der Waals surface area contributed by atoms with Crippen LogP contribution in [0.3, 0.4) is 0 Å². The van der Waals surface area contributed by atoms with Crippen LogP contribution in [0.25, 0.3) is 11.5 Å².